The van der Waals surface area contributed by atoms with Crippen molar-refractivity contribution in [1.29, 1.82) is 0 Å². The van der Waals surface area contributed by atoms with Gasteiger partial charge in [0.05, 0.1) is 0 Å². The summed E-state index contributed by atoms with van der Waals surface area (Å²) in [6.45, 7) is 9.51. The molecule has 2 saturated heterocycles. The Morgan fingerprint density at radius 3 is 2.42 bits per heavy atom. The average Bonchev–Trinajstić information content (AvgIpc) is 3.23. The molecule has 19 heavy (non-hydrogen) atoms. The molecule has 0 spiro atoms. The van der Waals surface area contributed by atoms with Crippen LogP contribution in [-0.4, -0.2) is 79.6 Å². The van der Waals surface area contributed by atoms with Crippen LogP contribution in [-0.2, 0) is 0 Å². The van der Waals surface area contributed by atoms with Gasteiger partial charge in [-0.05, 0) is 45.2 Å². The molecule has 0 radical (unpaired) electrons. The van der Waals surface area contributed by atoms with E-state index < -0.39 is 0 Å². The van der Waals surface area contributed by atoms with Gasteiger partial charge in [-0.25, -0.2) is 0 Å². The topological polar surface area (TPSA) is 35.7 Å². The van der Waals surface area contributed by atoms with E-state index in [0.717, 1.165) is 19.0 Å². The van der Waals surface area contributed by atoms with Crippen molar-refractivity contribution in [3.05, 3.63) is 0 Å². The minimum absolute atomic E-state index is 0.263. The predicted molar refractivity (Wildman–Crippen MR) is 79.3 cm³/mol. The van der Waals surface area contributed by atoms with Crippen LogP contribution in [0.4, 0.5) is 0 Å². The van der Waals surface area contributed by atoms with Crippen LogP contribution in [0.15, 0.2) is 0 Å². The van der Waals surface area contributed by atoms with E-state index in [4.69, 9.17) is 5.73 Å². The molecule has 2 N–H and O–H groups in total. The second-order valence-electron chi connectivity index (χ2n) is 7.00. The lowest BCUT2D eigenvalue weighted by atomic mass is 9.86. The summed E-state index contributed by atoms with van der Waals surface area (Å²) in [5.41, 5.74) is 6.44. The van der Waals surface area contributed by atoms with Crippen molar-refractivity contribution in [2.24, 2.45) is 11.7 Å². The highest BCUT2D eigenvalue weighted by Crippen LogP contribution is 2.31. The van der Waals surface area contributed by atoms with Gasteiger partial charge >= 0.3 is 0 Å². The van der Waals surface area contributed by atoms with Crippen LogP contribution in [0, 0.1) is 5.92 Å². The highest BCUT2D eigenvalue weighted by atomic mass is 15.3. The molecule has 110 valence electrons. The van der Waals surface area contributed by atoms with Crippen LogP contribution in [0.3, 0.4) is 0 Å². The third-order valence-electron chi connectivity index (χ3n) is 5.38. The zero-order valence-corrected chi connectivity index (χ0v) is 12.5. The lowest BCUT2D eigenvalue weighted by Gasteiger charge is -2.51. The maximum Gasteiger partial charge on any atom is 0.0459 e. The summed E-state index contributed by atoms with van der Waals surface area (Å²) in [5, 5.41) is 0. The maximum atomic E-state index is 6.17. The Bertz CT molecular complexity index is 297. The van der Waals surface area contributed by atoms with Crippen LogP contribution in [0.5, 0.6) is 0 Å². The summed E-state index contributed by atoms with van der Waals surface area (Å²) in [4.78, 5) is 7.84. The third kappa shape index (κ3) is 3.13. The fourth-order valence-electron chi connectivity index (χ4n) is 3.96. The van der Waals surface area contributed by atoms with Crippen molar-refractivity contribution in [3.8, 4) is 0 Å². The van der Waals surface area contributed by atoms with Gasteiger partial charge in [0, 0.05) is 51.4 Å². The normalized spacial score (nSPS) is 35.7. The Morgan fingerprint density at radius 1 is 1.11 bits per heavy atom. The van der Waals surface area contributed by atoms with Gasteiger partial charge in [-0.3, -0.25) is 4.90 Å². The van der Waals surface area contributed by atoms with Crippen LogP contribution < -0.4 is 5.73 Å². The van der Waals surface area contributed by atoms with E-state index in [-0.39, 0.29) is 5.54 Å². The predicted octanol–water partition coefficient (Wildman–Crippen LogP) is 0.437. The first-order valence-corrected chi connectivity index (χ1v) is 8.08. The molecule has 1 aliphatic carbocycles. The first-order valence-electron chi connectivity index (χ1n) is 8.08. The number of piperazine rings is 1. The van der Waals surface area contributed by atoms with Crippen LogP contribution in [0.1, 0.15) is 25.7 Å². The van der Waals surface area contributed by atoms with E-state index in [9.17, 15) is 0 Å². The summed E-state index contributed by atoms with van der Waals surface area (Å²) in [6.07, 6.45) is 5.53. The Labute approximate surface area is 117 Å². The van der Waals surface area contributed by atoms with E-state index in [1.165, 1.54) is 65.0 Å². The van der Waals surface area contributed by atoms with Gasteiger partial charge in [0.25, 0.3) is 0 Å². The number of hydrogen-bond acceptors (Lipinski definition) is 4. The van der Waals surface area contributed by atoms with Crippen LogP contribution in [0.2, 0.25) is 0 Å². The number of nitrogens with two attached hydrogens (primary N) is 1. The highest BCUT2D eigenvalue weighted by molar-refractivity contribution is 4.98. The zero-order chi connectivity index (χ0) is 13.3. The molecule has 4 nitrogen and oxygen atoms in total. The fraction of sp³-hybridized carbons (Fsp3) is 1.00. The molecule has 0 aromatic heterocycles. The highest BCUT2D eigenvalue weighted by Gasteiger charge is 2.40. The van der Waals surface area contributed by atoms with E-state index in [1.807, 2.05) is 0 Å². The Morgan fingerprint density at radius 2 is 1.84 bits per heavy atom. The lowest BCUT2D eigenvalue weighted by Crippen LogP contribution is -2.65. The second kappa shape index (κ2) is 5.68. The number of hydrogen-bond donors (Lipinski definition) is 1. The average molecular weight is 266 g/mol. The van der Waals surface area contributed by atoms with Crippen LogP contribution in [0.25, 0.3) is 0 Å². The van der Waals surface area contributed by atoms with Crippen molar-refractivity contribution in [3.63, 3.8) is 0 Å². The molecule has 1 atom stereocenters. The van der Waals surface area contributed by atoms with E-state index >= 15 is 0 Å². The van der Waals surface area contributed by atoms with Gasteiger partial charge in [0.2, 0.25) is 0 Å². The first kappa shape index (κ1) is 13.8. The smallest absolute Gasteiger partial charge is 0.0459 e. The van der Waals surface area contributed by atoms with Crippen molar-refractivity contribution in [2.75, 3.05) is 59.4 Å². The molecule has 3 aliphatic rings. The van der Waals surface area contributed by atoms with Gasteiger partial charge < -0.3 is 15.5 Å². The number of likely N-dealkylation sites (N-methyl/N-ethyl adjacent to an activating group) is 1. The Hall–Kier alpha value is -0.160. The Kier molecular flexibility index (Phi) is 4.13. The van der Waals surface area contributed by atoms with Gasteiger partial charge in [-0.1, -0.05) is 0 Å². The summed E-state index contributed by atoms with van der Waals surface area (Å²) >= 11 is 0. The summed E-state index contributed by atoms with van der Waals surface area (Å²) in [6, 6.07) is 0. The molecule has 0 aromatic carbocycles. The number of piperidine rings is 1. The zero-order valence-electron chi connectivity index (χ0n) is 12.5. The summed E-state index contributed by atoms with van der Waals surface area (Å²) in [7, 11) is 2.24. The van der Waals surface area contributed by atoms with E-state index in [2.05, 4.69) is 21.7 Å². The number of likely N-dealkylation sites (tertiary alicyclic amines) is 1. The van der Waals surface area contributed by atoms with Gasteiger partial charge in [-0.15, -0.1) is 0 Å². The molecule has 2 aliphatic heterocycles. The fourth-order valence-corrected chi connectivity index (χ4v) is 3.96. The molecule has 3 rings (SSSR count). The van der Waals surface area contributed by atoms with Crippen molar-refractivity contribution >= 4 is 0 Å². The largest absolute Gasteiger partial charge is 0.329 e. The maximum absolute atomic E-state index is 6.17. The van der Waals surface area contributed by atoms with E-state index in [0.29, 0.717) is 0 Å². The molecule has 2 heterocycles. The molecule has 1 unspecified atom stereocenters. The quantitative estimate of drug-likeness (QED) is 0.801. The monoisotopic (exact) mass is 266 g/mol. The van der Waals surface area contributed by atoms with Crippen LogP contribution >= 0.6 is 0 Å². The molecule has 3 fully saturated rings. The molecule has 1 saturated carbocycles. The van der Waals surface area contributed by atoms with E-state index in [1.54, 1.807) is 0 Å². The SMILES string of the molecule is CN1CCCC(CN)(N2CCN(CC3CC3)CC2)C1. The van der Waals surface area contributed by atoms with Gasteiger partial charge in [0.1, 0.15) is 0 Å². The molecular weight excluding hydrogens is 236 g/mol. The molecule has 0 bridgehead atoms. The number of nitrogens with zero attached hydrogens (tertiary/aromatic N) is 3. The molecule has 4 heteroatoms. The summed E-state index contributed by atoms with van der Waals surface area (Å²) in [5.74, 6) is 1.02. The third-order valence-corrected chi connectivity index (χ3v) is 5.38. The summed E-state index contributed by atoms with van der Waals surface area (Å²) < 4.78 is 0. The minimum atomic E-state index is 0.263. The van der Waals surface area contributed by atoms with Gasteiger partial charge in [-0.2, -0.15) is 0 Å². The molecule has 0 amide bonds. The van der Waals surface area contributed by atoms with Crippen molar-refractivity contribution in [1.82, 2.24) is 14.7 Å². The van der Waals surface area contributed by atoms with Crippen molar-refractivity contribution < 1.29 is 0 Å². The van der Waals surface area contributed by atoms with Gasteiger partial charge in [0.15, 0.2) is 0 Å². The first-order chi connectivity index (χ1) is 9.22. The standard InChI is InChI=1S/C15H30N4/c1-17-6-2-5-15(12-16,13-17)19-9-7-18(8-10-19)11-14-3-4-14/h14H,2-13,16H2,1H3. The Balaban J connectivity index is 1.55. The minimum Gasteiger partial charge on any atom is -0.329 e. The second-order valence-corrected chi connectivity index (χ2v) is 7.00. The lowest BCUT2D eigenvalue weighted by molar-refractivity contribution is -0.00759. The molecular formula is C15H30N4. The van der Waals surface area contributed by atoms with Crippen molar-refractivity contribution in [2.45, 2.75) is 31.2 Å². The molecule has 0 aromatic rings. The number of rotatable bonds is 4.